The summed E-state index contributed by atoms with van der Waals surface area (Å²) < 4.78 is 5.93. The Morgan fingerprint density at radius 3 is 2.74 bits per heavy atom. The van der Waals surface area contributed by atoms with E-state index in [1.54, 1.807) is 0 Å². The molecule has 3 rings (SSSR count). The van der Waals surface area contributed by atoms with E-state index in [0.29, 0.717) is 55.6 Å². The van der Waals surface area contributed by atoms with Crippen molar-refractivity contribution in [3.05, 3.63) is 52.9 Å². The molecule has 2 heterocycles. The van der Waals surface area contributed by atoms with Gasteiger partial charge in [0.2, 0.25) is 5.91 Å². The van der Waals surface area contributed by atoms with Gasteiger partial charge < -0.3 is 20.5 Å². The van der Waals surface area contributed by atoms with Gasteiger partial charge in [0.25, 0.3) is 5.69 Å². The maximum Gasteiger partial charge on any atom is 0.270 e. The highest BCUT2D eigenvalue weighted by molar-refractivity contribution is 8.00. The Bertz CT molecular complexity index is 1100. The molecule has 1 unspecified atom stereocenters. The number of thioether (sulfide) groups is 1. The van der Waals surface area contributed by atoms with E-state index in [-0.39, 0.29) is 23.6 Å². The Morgan fingerprint density at radius 2 is 2.11 bits per heavy atom. The number of nitrogens with two attached hydrogens (primary N) is 1. The zero-order chi connectivity index (χ0) is 25.2. The lowest BCUT2D eigenvalue weighted by Gasteiger charge is -2.26. The Balaban J connectivity index is 2.10. The number of amides is 1. The predicted molar refractivity (Wildman–Crippen MR) is 136 cm³/mol. The Morgan fingerprint density at radius 1 is 1.34 bits per heavy atom. The molecule has 1 saturated heterocycles. The molecule has 1 aromatic heterocycles. The summed E-state index contributed by atoms with van der Waals surface area (Å²) in [7, 11) is 0. The molecule has 1 aromatic carbocycles. The smallest absolute Gasteiger partial charge is 0.270 e. The van der Waals surface area contributed by atoms with E-state index in [1.165, 1.54) is 0 Å². The number of rotatable bonds is 10. The Labute approximate surface area is 210 Å². The molecular formula is C25H30N6O3S. The van der Waals surface area contributed by atoms with E-state index >= 15 is 0 Å². The molecule has 1 atom stereocenters. The number of nitriles is 1. The Hall–Kier alpha value is -3.31. The highest BCUT2D eigenvalue weighted by Gasteiger charge is 2.29. The van der Waals surface area contributed by atoms with Crippen LogP contribution in [-0.2, 0) is 4.79 Å². The number of benzene rings is 1. The molecular weight excluding hydrogens is 464 g/mol. The summed E-state index contributed by atoms with van der Waals surface area (Å²) in [5.41, 5.74) is 6.78. The number of β-amino-alcohol motifs (C(OH)–C–C–N with tert-alkyl or cyclic N) is 1. The number of carbonyl (C=O) groups excluding carboxylic acids is 1. The second-order valence-electron chi connectivity index (χ2n) is 8.08. The molecule has 184 valence electrons. The fourth-order valence-corrected chi connectivity index (χ4v) is 4.98. The standard InChI is InChI=1S/C25H30N6O3S/c1-3-16-34-21-19(17-26)25(35-22(23(27)33)18-8-5-4-6-9-18)29-24(20(21)28-2)31-11-7-10-30(12-13-31)14-15-32/h4-6,8-9,22,32H,3,7,10-16H2,1H3,(H2,27,33). The van der Waals surface area contributed by atoms with Gasteiger partial charge in [0.1, 0.15) is 27.7 Å². The average Bonchev–Trinajstić information content (AvgIpc) is 3.11. The van der Waals surface area contributed by atoms with Gasteiger partial charge in [-0.2, -0.15) is 5.26 Å². The van der Waals surface area contributed by atoms with Crippen molar-refractivity contribution in [2.24, 2.45) is 5.73 Å². The average molecular weight is 495 g/mol. The molecule has 35 heavy (non-hydrogen) atoms. The van der Waals surface area contributed by atoms with Gasteiger partial charge in [-0.25, -0.2) is 9.83 Å². The first-order valence-electron chi connectivity index (χ1n) is 11.6. The van der Waals surface area contributed by atoms with Crippen molar-refractivity contribution in [2.45, 2.75) is 30.0 Å². The third-order valence-electron chi connectivity index (χ3n) is 5.64. The van der Waals surface area contributed by atoms with Crippen LogP contribution in [0.4, 0.5) is 11.5 Å². The van der Waals surface area contributed by atoms with Crippen LogP contribution in [0.2, 0.25) is 0 Å². The number of primary amides is 1. The predicted octanol–water partition coefficient (Wildman–Crippen LogP) is 3.12. The van der Waals surface area contributed by atoms with Crippen LogP contribution < -0.4 is 15.4 Å². The number of anilines is 1. The van der Waals surface area contributed by atoms with E-state index in [2.05, 4.69) is 15.8 Å². The van der Waals surface area contributed by atoms with Crippen molar-refractivity contribution in [1.82, 2.24) is 9.88 Å². The number of hydrogen-bond donors (Lipinski definition) is 2. The number of aliphatic hydroxyl groups excluding tert-OH is 1. The third-order valence-corrected chi connectivity index (χ3v) is 6.90. The summed E-state index contributed by atoms with van der Waals surface area (Å²) in [5.74, 6) is 0.0902. The van der Waals surface area contributed by atoms with Gasteiger partial charge in [0, 0.05) is 26.2 Å². The second-order valence-corrected chi connectivity index (χ2v) is 9.18. The van der Waals surface area contributed by atoms with Crippen LogP contribution in [0.25, 0.3) is 4.85 Å². The number of pyridine rings is 1. The zero-order valence-corrected chi connectivity index (χ0v) is 20.6. The monoisotopic (exact) mass is 494 g/mol. The lowest BCUT2D eigenvalue weighted by atomic mass is 10.1. The molecule has 0 bridgehead atoms. The summed E-state index contributed by atoms with van der Waals surface area (Å²) in [6.07, 6.45) is 1.54. The lowest BCUT2D eigenvalue weighted by Crippen LogP contribution is -2.33. The van der Waals surface area contributed by atoms with Crippen molar-refractivity contribution in [3.63, 3.8) is 0 Å². The summed E-state index contributed by atoms with van der Waals surface area (Å²) in [6.45, 7) is 13.7. The maximum absolute atomic E-state index is 12.4. The number of nitrogens with zero attached hydrogens (tertiary/aromatic N) is 5. The molecule has 2 aromatic rings. The SMILES string of the molecule is [C-]#[N+]c1c(N2CCCN(CCO)CC2)nc(SC(C(N)=O)c2ccccc2)c(C#N)c1OCCC. The molecule has 1 amide bonds. The number of ether oxygens (including phenoxy) is 1. The van der Waals surface area contributed by atoms with Crippen molar-refractivity contribution in [1.29, 1.82) is 5.26 Å². The summed E-state index contributed by atoms with van der Waals surface area (Å²) in [6, 6.07) is 11.3. The third kappa shape index (κ3) is 6.43. The molecule has 0 aliphatic carbocycles. The first-order valence-corrected chi connectivity index (χ1v) is 12.5. The van der Waals surface area contributed by atoms with Gasteiger partial charge in [0.15, 0.2) is 5.75 Å². The topological polar surface area (TPSA) is 120 Å². The fourth-order valence-electron chi connectivity index (χ4n) is 3.95. The normalized spacial score (nSPS) is 15.0. The minimum Gasteiger partial charge on any atom is -0.503 e. The van der Waals surface area contributed by atoms with E-state index in [0.717, 1.165) is 24.7 Å². The second kappa shape index (κ2) is 13.0. The summed E-state index contributed by atoms with van der Waals surface area (Å²) in [4.78, 5) is 25.1. The first kappa shape index (κ1) is 26.3. The van der Waals surface area contributed by atoms with Gasteiger partial charge in [-0.1, -0.05) is 49.0 Å². The quantitative estimate of drug-likeness (QED) is 0.382. The molecule has 0 spiro atoms. The number of carbonyl (C=O) groups is 1. The molecule has 10 heteroatoms. The number of aromatic nitrogens is 1. The molecule has 1 fully saturated rings. The maximum atomic E-state index is 12.4. The van der Waals surface area contributed by atoms with E-state index in [9.17, 15) is 15.2 Å². The molecule has 9 nitrogen and oxygen atoms in total. The van der Waals surface area contributed by atoms with Gasteiger partial charge in [-0.05, 0) is 24.9 Å². The molecule has 0 saturated carbocycles. The van der Waals surface area contributed by atoms with Crippen LogP contribution in [0.15, 0.2) is 35.4 Å². The minimum atomic E-state index is -0.759. The summed E-state index contributed by atoms with van der Waals surface area (Å²) in [5, 5.41) is 18.9. The van der Waals surface area contributed by atoms with Crippen molar-refractivity contribution >= 4 is 29.2 Å². The molecule has 1 aliphatic heterocycles. The van der Waals surface area contributed by atoms with Gasteiger partial charge in [-0.15, -0.1) is 0 Å². The van der Waals surface area contributed by atoms with Gasteiger partial charge in [-0.3, -0.25) is 9.69 Å². The molecule has 1 aliphatic rings. The largest absolute Gasteiger partial charge is 0.503 e. The van der Waals surface area contributed by atoms with Gasteiger partial charge in [0.05, 0.1) is 19.8 Å². The highest BCUT2D eigenvalue weighted by Crippen LogP contribution is 2.46. The highest BCUT2D eigenvalue weighted by atomic mass is 32.2. The van der Waals surface area contributed by atoms with E-state index in [1.807, 2.05) is 42.2 Å². The van der Waals surface area contributed by atoms with Crippen molar-refractivity contribution < 1.29 is 14.6 Å². The van der Waals surface area contributed by atoms with E-state index < -0.39 is 11.2 Å². The van der Waals surface area contributed by atoms with Crippen molar-refractivity contribution in [2.75, 3.05) is 50.8 Å². The van der Waals surface area contributed by atoms with E-state index in [4.69, 9.17) is 22.0 Å². The van der Waals surface area contributed by atoms with Crippen LogP contribution >= 0.6 is 11.8 Å². The minimum absolute atomic E-state index is 0.0895. The fraction of sp³-hybridized carbons (Fsp3) is 0.440. The Kier molecular flexibility index (Phi) is 9.74. The van der Waals surface area contributed by atoms with Crippen LogP contribution in [0.3, 0.4) is 0 Å². The van der Waals surface area contributed by atoms with Crippen LogP contribution in [-0.4, -0.2) is 66.8 Å². The summed E-state index contributed by atoms with van der Waals surface area (Å²) >= 11 is 1.10. The molecule has 3 N–H and O–H groups in total. The van der Waals surface area contributed by atoms with Crippen LogP contribution in [0.5, 0.6) is 5.75 Å². The number of aliphatic hydroxyl groups is 1. The lowest BCUT2D eigenvalue weighted by molar-refractivity contribution is -0.117. The number of hydrogen-bond acceptors (Lipinski definition) is 8. The van der Waals surface area contributed by atoms with Crippen molar-refractivity contribution in [3.8, 4) is 11.8 Å². The van der Waals surface area contributed by atoms with Gasteiger partial charge >= 0.3 is 0 Å². The zero-order valence-electron chi connectivity index (χ0n) is 19.8. The van der Waals surface area contributed by atoms with Crippen LogP contribution in [0.1, 0.15) is 36.1 Å². The first-order chi connectivity index (χ1) is 17.0. The van der Waals surface area contributed by atoms with Crippen LogP contribution in [0, 0.1) is 17.9 Å². The molecule has 0 radical (unpaired) electrons.